The van der Waals surface area contributed by atoms with E-state index in [4.69, 9.17) is 4.74 Å². The van der Waals surface area contributed by atoms with Crippen LogP contribution in [0.5, 0.6) is 0 Å². The second-order valence-electron chi connectivity index (χ2n) is 3.35. The summed E-state index contributed by atoms with van der Waals surface area (Å²) in [5.74, 6) is -0.359. The zero-order valence-electron chi connectivity index (χ0n) is 8.98. The molecule has 1 aromatic carbocycles. The van der Waals surface area contributed by atoms with Crippen molar-refractivity contribution in [1.82, 2.24) is 4.57 Å². The van der Waals surface area contributed by atoms with Gasteiger partial charge in [0.15, 0.2) is 0 Å². The van der Waals surface area contributed by atoms with E-state index >= 15 is 0 Å². The topological polar surface area (TPSA) is 31.2 Å². The Morgan fingerprint density at radius 1 is 1.29 bits per heavy atom. The van der Waals surface area contributed by atoms with Gasteiger partial charge in [-0.05, 0) is 46.3 Å². The van der Waals surface area contributed by atoms with Crippen molar-refractivity contribution < 1.29 is 9.53 Å². The van der Waals surface area contributed by atoms with Gasteiger partial charge in [0.1, 0.15) is 5.69 Å². The Hall–Kier alpha value is -1.07. The molecule has 0 unspecified atom stereocenters. The highest BCUT2D eigenvalue weighted by Gasteiger charge is 2.13. The van der Waals surface area contributed by atoms with Gasteiger partial charge >= 0.3 is 5.97 Å². The normalized spacial score (nSPS) is 10.3. The van der Waals surface area contributed by atoms with Gasteiger partial charge in [-0.25, -0.2) is 4.79 Å². The maximum absolute atomic E-state index is 11.6. The Balaban J connectivity index is 2.57. The zero-order chi connectivity index (χ0) is 12.4. The number of aromatic nitrogens is 1. The third kappa shape index (κ3) is 2.45. The molecule has 0 N–H and O–H groups in total. The lowest BCUT2D eigenvalue weighted by Crippen LogP contribution is -2.08. The van der Waals surface area contributed by atoms with Crippen molar-refractivity contribution >= 4 is 37.8 Å². The fourth-order valence-corrected chi connectivity index (χ4v) is 2.32. The lowest BCUT2D eigenvalue weighted by Gasteiger charge is -2.10. The molecule has 0 fully saturated rings. The molecule has 0 saturated heterocycles. The molecule has 3 nitrogen and oxygen atoms in total. The lowest BCUT2D eigenvalue weighted by atomic mass is 10.3. The first-order valence-corrected chi connectivity index (χ1v) is 6.43. The number of esters is 1. The van der Waals surface area contributed by atoms with Crippen LogP contribution in [0.1, 0.15) is 10.5 Å². The highest BCUT2D eigenvalue weighted by Crippen LogP contribution is 2.26. The van der Waals surface area contributed by atoms with Crippen molar-refractivity contribution in [3.05, 3.63) is 51.2 Å². The van der Waals surface area contributed by atoms with E-state index in [1.165, 1.54) is 7.11 Å². The van der Waals surface area contributed by atoms with Gasteiger partial charge in [-0.3, -0.25) is 0 Å². The van der Waals surface area contributed by atoms with E-state index < -0.39 is 0 Å². The molecule has 1 heterocycles. The fraction of sp³-hybridized carbons (Fsp3) is 0.0833. The molecule has 88 valence electrons. The van der Waals surface area contributed by atoms with E-state index in [9.17, 15) is 4.79 Å². The second kappa shape index (κ2) is 5.06. The molecule has 0 amide bonds. The Kier molecular flexibility index (Phi) is 3.69. The number of halogens is 2. The number of carbonyl (C=O) groups excluding carboxylic acids is 1. The molecule has 1 aromatic heterocycles. The largest absolute Gasteiger partial charge is 0.464 e. The maximum atomic E-state index is 11.6. The van der Waals surface area contributed by atoms with Crippen LogP contribution in [-0.4, -0.2) is 17.6 Å². The predicted molar refractivity (Wildman–Crippen MR) is 72.5 cm³/mol. The molecule has 2 rings (SSSR count). The summed E-state index contributed by atoms with van der Waals surface area (Å²) in [7, 11) is 1.37. The molecule has 17 heavy (non-hydrogen) atoms. The monoisotopic (exact) mass is 357 g/mol. The van der Waals surface area contributed by atoms with Crippen LogP contribution in [0.25, 0.3) is 5.69 Å². The summed E-state index contributed by atoms with van der Waals surface area (Å²) in [6.45, 7) is 0. The van der Waals surface area contributed by atoms with Gasteiger partial charge in [0, 0.05) is 15.1 Å². The number of benzene rings is 1. The van der Waals surface area contributed by atoms with Gasteiger partial charge in [-0.15, -0.1) is 0 Å². The molecule has 0 atom stereocenters. The summed E-state index contributed by atoms with van der Waals surface area (Å²) in [5.41, 5.74) is 1.37. The van der Waals surface area contributed by atoms with Crippen LogP contribution >= 0.6 is 31.9 Å². The van der Waals surface area contributed by atoms with E-state index in [2.05, 4.69) is 31.9 Å². The average Bonchev–Trinajstić information content (AvgIpc) is 2.80. The van der Waals surface area contributed by atoms with Crippen LogP contribution in [0.3, 0.4) is 0 Å². The quantitative estimate of drug-likeness (QED) is 0.765. The summed E-state index contributed by atoms with van der Waals surface area (Å²) >= 11 is 6.87. The minimum absolute atomic E-state index is 0.359. The Labute approximate surface area is 116 Å². The summed E-state index contributed by atoms with van der Waals surface area (Å²) in [5, 5.41) is 0. The van der Waals surface area contributed by atoms with Crippen molar-refractivity contribution in [2.75, 3.05) is 7.11 Å². The number of carbonyl (C=O) groups is 1. The van der Waals surface area contributed by atoms with Crippen LogP contribution in [0.15, 0.2) is 45.5 Å². The molecule has 0 aliphatic carbocycles. The second-order valence-corrected chi connectivity index (χ2v) is 5.12. The van der Waals surface area contributed by atoms with E-state index in [0.29, 0.717) is 5.69 Å². The van der Waals surface area contributed by atoms with Gasteiger partial charge < -0.3 is 9.30 Å². The van der Waals surface area contributed by atoms with E-state index in [-0.39, 0.29) is 5.97 Å². The Morgan fingerprint density at radius 3 is 2.76 bits per heavy atom. The molecule has 0 radical (unpaired) electrons. The molecule has 2 aromatic rings. The lowest BCUT2D eigenvalue weighted by molar-refractivity contribution is 0.0591. The van der Waals surface area contributed by atoms with Crippen LogP contribution in [0.4, 0.5) is 0 Å². The van der Waals surface area contributed by atoms with Gasteiger partial charge in [0.2, 0.25) is 0 Å². The number of nitrogens with zero attached hydrogens (tertiary/aromatic N) is 1. The molecule has 0 saturated carbocycles. The highest BCUT2D eigenvalue weighted by molar-refractivity contribution is 9.11. The van der Waals surface area contributed by atoms with Crippen molar-refractivity contribution in [3.8, 4) is 5.69 Å². The maximum Gasteiger partial charge on any atom is 0.355 e. The molecule has 5 heteroatoms. The molecular formula is C12H9Br2NO2. The SMILES string of the molecule is COC(=O)c1cccn1-c1cc(Br)ccc1Br. The Morgan fingerprint density at radius 2 is 2.06 bits per heavy atom. The van der Waals surface area contributed by atoms with Crippen molar-refractivity contribution in [2.45, 2.75) is 0 Å². The number of rotatable bonds is 2. The summed E-state index contributed by atoms with van der Waals surface area (Å²) in [6, 6.07) is 9.30. The first kappa shape index (κ1) is 12.4. The van der Waals surface area contributed by atoms with Crippen LogP contribution < -0.4 is 0 Å². The zero-order valence-corrected chi connectivity index (χ0v) is 12.2. The minimum atomic E-state index is -0.359. The third-order valence-corrected chi connectivity index (χ3v) is 3.47. The van der Waals surface area contributed by atoms with Crippen LogP contribution in [0, 0.1) is 0 Å². The van der Waals surface area contributed by atoms with E-state index in [0.717, 1.165) is 14.6 Å². The predicted octanol–water partition coefficient (Wildman–Crippen LogP) is 3.79. The molecule has 0 spiro atoms. The highest BCUT2D eigenvalue weighted by atomic mass is 79.9. The molecular weight excluding hydrogens is 350 g/mol. The number of methoxy groups -OCH3 is 1. The van der Waals surface area contributed by atoms with Gasteiger partial charge in [0.25, 0.3) is 0 Å². The van der Waals surface area contributed by atoms with E-state index in [1.807, 2.05) is 24.4 Å². The number of hydrogen-bond acceptors (Lipinski definition) is 2. The van der Waals surface area contributed by atoms with Crippen LogP contribution in [0.2, 0.25) is 0 Å². The molecule has 0 aliphatic rings. The first-order valence-electron chi connectivity index (χ1n) is 4.84. The fourth-order valence-electron chi connectivity index (χ4n) is 1.53. The van der Waals surface area contributed by atoms with Crippen molar-refractivity contribution in [2.24, 2.45) is 0 Å². The summed E-state index contributed by atoms with van der Waals surface area (Å²) in [6.07, 6.45) is 1.82. The van der Waals surface area contributed by atoms with Crippen LogP contribution in [-0.2, 0) is 4.74 Å². The van der Waals surface area contributed by atoms with Gasteiger partial charge in [0.05, 0.1) is 12.8 Å². The van der Waals surface area contributed by atoms with Gasteiger partial charge in [-0.1, -0.05) is 15.9 Å². The smallest absolute Gasteiger partial charge is 0.355 e. The Bertz CT molecular complexity index is 563. The first-order chi connectivity index (χ1) is 8.13. The molecule has 0 aliphatic heterocycles. The third-order valence-electron chi connectivity index (χ3n) is 2.31. The number of hydrogen-bond donors (Lipinski definition) is 0. The standard InChI is InChI=1S/C12H9Br2NO2/c1-17-12(16)10-3-2-6-15(10)11-7-8(13)4-5-9(11)14/h2-7H,1H3. The van der Waals surface area contributed by atoms with Gasteiger partial charge in [-0.2, -0.15) is 0 Å². The number of ether oxygens (including phenoxy) is 1. The minimum Gasteiger partial charge on any atom is -0.464 e. The summed E-state index contributed by atoms with van der Waals surface area (Å²) < 4.78 is 8.37. The summed E-state index contributed by atoms with van der Waals surface area (Å²) in [4.78, 5) is 11.6. The molecule has 0 bridgehead atoms. The van der Waals surface area contributed by atoms with E-state index in [1.54, 1.807) is 16.7 Å². The van der Waals surface area contributed by atoms with Crippen molar-refractivity contribution in [1.29, 1.82) is 0 Å². The van der Waals surface area contributed by atoms with Crippen molar-refractivity contribution in [3.63, 3.8) is 0 Å². The average molecular weight is 359 g/mol.